The molecule has 2 heterocycles. The normalized spacial score (nSPS) is 26.7. The van der Waals surface area contributed by atoms with Gasteiger partial charge in [0.05, 0.1) is 12.5 Å². The molecule has 0 radical (unpaired) electrons. The number of halogens is 1. The van der Waals surface area contributed by atoms with Crippen LogP contribution >= 0.6 is 7.82 Å². The van der Waals surface area contributed by atoms with Gasteiger partial charge in [-0.05, 0) is 34.4 Å². The summed E-state index contributed by atoms with van der Waals surface area (Å²) in [6.07, 6.45) is -0.879. The van der Waals surface area contributed by atoms with Crippen LogP contribution in [0.2, 0.25) is 0 Å². The fourth-order valence-corrected chi connectivity index (χ4v) is 6.05. The molecule has 1 amide bonds. The van der Waals surface area contributed by atoms with E-state index >= 15 is 0 Å². The number of hydrogen-bond acceptors (Lipinski definition) is 4. The molecule has 5 atom stereocenters. The minimum absolute atomic E-state index is 0.164. The maximum Gasteiger partial charge on any atom is 0.469 e. The van der Waals surface area contributed by atoms with E-state index in [0.29, 0.717) is 6.54 Å². The molecule has 9 heteroatoms. The topological polar surface area (TPSA) is 99.1 Å². The van der Waals surface area contributed by atoms with Crippen molar-refractivity contribution in [3.8, 4) is 0 Å². The Balaban J connectivity index is 1.51. The molecular formula is C26H28FN2O5P. The van der Waals surface area contributed by atoms with Gasteiger partial charge in [-0.3, -0.25) is 14.2 Å². The molecule has 3 N–H and O–H groups in total. The van der Waals surface area contributed by atoms with E-state index < -0.39 is 31.9 Å². The summed E-state index contributed by atoms with van der Waals surface area (Å²) in [7, 11) is -4.76. The maximum absolute atomic E-state index is 14.6. The van der Waals surface area contributed by atoms with Gasteiger partial charge >= 0.3 is 7.82 Å². The number of hydrogen-bond donors (Lipinski definition) is 3. The predicted molar refractivity (Wildman–Crippen MR) is 130 cm³/mol. The van der Waals surface area contributed by atoms with Gasteiger partial charge in [0, 0.05) is 31.1 Å². The first-order valence-electron chi connectivity index (χ1n) is 11.7. The fraction of sp³-hybridized carbons (Fsp3) is 0.346. The van der Waals surface area contributed by atoms with Crippen molar-refractivity contribution in [3.05, 3.63) is 83.9 Å². The summed E-state index contributed by atoms with van der Waals surface area (Å²) < 4.78 is 31.0. The first kappa shape index (κ1) is 24.1. The van der Waals surface area contributed by atoms with Gasteiger partial charge < -0.3 is 15.1 Å². The average Bonchev–Trinajstić information content (AvgIpc) is 3.35. The van der Waals surface area contributed by atoms with Gasteiger partial charge in [-0.15, -0.1) is 0 Å². The molecule has 2 aliphatic rings. The molecule has 2 fully saturated rings. The third kappa shape index (κ3) is 5.17. The van der Waals surface area contributed by atoms with Gasteiger partial charge in [0.15, 0.2) is 0 Å². The summed E-state index contributed by atoms with van der Waals surface area (Å²) in [6, 6.07) is 22.6. The average molecular weight is 498 g/mol. The van der Waals surface area contributed by atoms with Crippen molar-refractivity contribution < 1.29 is 28.1 Å². The summed E-state index contributed by atoms with van der Waals surface area (Å²) in [5.41, 5.74) is 1.81. The summed E-state index contributed by atoms with van der Waals surface area (Å²) in [5.74, 6) is -1.48. The van der Waals surface area contributed by atoms with Crippen LogP contribution in [0.4, 0.5) is 4.39 Å². The number of phosphoric acid groups is 1. The number of amides is 1. The Kier molecular flexibility index (Phi) is 6.75. The van der Waals surface area contributed by atoms with Crippen molar-refractivity contribution in [2.24, 2.45) is 11.8 Å². The number of nitrogens with one attached hydrogen (secondary N) is 1. The van der Waals surface area contributed by atoms with Gasteiger partial charge in [0.1, 0.15) is 6.17 Å². The Morgan fingerprint density at radius 3 is 2.51 bits per heavy atom. The van der Waals surface area contributed by atoms with Gasteiger partial charge in [-0.25, -0.2) is 8.96 Å². The van der Waals surface area contributed by atoms with Gasteiger partial charge in [0.25, 0.3) is 0 Å². The first-order chi connectivity index (χ1) is 16.8. The molecule has 0 aromatic heterocycles. The molecule has 0 saturated carbocycles. The summed E-state index contributed by atoms with van der Waals surface area (Å²) in [4.78, 5) is 34.3. The van der Waals surface area contributed by atoms with Gasteiger partial charge in [-0.1, -0.05) is 66.7 Å². The van der Waals surface area contributed by atoms with Crippen LogP contribution in [0.3, 0.4) is 0 Å². The number of nitrogens with zero attached hydrogens (tertiary/aromatic N) is 1. The zero-order valence-electron chi connectivity index (χ0n) is 19.0. The van der Waals surface area contributed by atoms with E-state index in [2.05, 4.69) is 5.32 Å². The molecule has 0 unspecified atom stereocenters. The number of phosphoric ester groups is 1. The number of benzene rings is 3. The van der Waals surface area contributed by atoms with E-state index in [1.807, 2.05) is 77.7 Å². The number of rotatable bonds is 7. The van der Waals surface area contributed by atoms with E-state index in [0.717, 1.165) is 21.9 Å². The van der Waals surface area contributed by atoms with Crippen LogP contribution in [-0.4, -0.2) is 46.0 Å². The Bertz CT molecular complexity index is 1250. The van der Waals surface area contributed by atoms with E-state index in [1.165, 1.54) is 0 Å². The van der Waals surface area contributed by atoms with Crippen molar-refractivity contribution in [1.82, 2.24) is 10.2 Å². The van der Waals surface area contributed by atoms with Crippen LogP contribution in [0.1, 0.15) is 23.6 Å². The highest BCUT2D eigenvalue weighted by Gasteiger charge is 2.56. The van der Waals surface area contributed by atoms with E-state index in [9.17, 15) is 23.5 Å². The third-order valence-corrected chi connectivity index (χ3v) is 7.63. The van der Waals surface area contributed by atoms with Crippen LogP contribution in [0.25, 0.3) is 10.8 Å². The maximum atomic E-state index is 14.6. The first-order valence-corrected chi connectivity index (χ1v) is 13.2. The van der Waals surface area contributed by atoms with Gasteiger partial charge in [0.2, 0.25) is 5.91 Å². The van der Waals surface area contributed by atoms with Crippen LogP contribution in [0, 0.1) is 11.8 Å². The highest BCUT2D eigenvalue weighted by atomic mass is 31.2. The van der Waals surface area contributed by atoms with Crippen LogP contribution in [0.5, 0.6) is 0 Å². The zero-order chi connectivity index (χ0) is 24.6. The number of carbonyl (C=O) groups is 1. The SMILES string of the molecule is O=C(NCc1ccccc1)[C@@H]1[C@H](COP(=O)(O)O)[C@H]2C[C@H](F)CN2[C@@H]1c1ccc2ccccc2c1. The molecule has 0 spiro atoms. The standard InChI is InChI=1S/C26H28FN2O5P/c27-21-13-23-22(16-34-35(31,32)33)24(26(30)28-14-17-6-2-1-3-7-17)25(29(23)15-21)20-11-10-18-8-4-5-9-19(18)12-20/h1-12,21-25H,13-16H2,(H,28,30)(H2,31,32,33)/t21-,22+,23+,24+,25+/m0/s1. The highest BCUT2D eigenvalue weighted by molar-refractivity contribution is 7.46. The Morgan fingerprint density at radius 1 is 1.06 bits per heavy atom. The molecule has 5 rings (SSSR count). The van der Waals surface area contributed by atoms with Gasteiger partial charge in [-0.2, -0.15) is 0 Å². The largest absolute Gasteiger partial charge is 0.469 e. The lowest BCUT2D eigenvalue weighted by Gasteiger charge is -2.28. The summed E-state index contributed by atoms with van der Waals surface area (Å²) >= 11 is 0. The minimum atomic E-state index is -4.76. The zero-order valence-corrected chi connectivity index (χ0v) is 19.9. The second-order valence-electron chi connectivity index (χ2n) is 9.33. The van der Waals surface area contributed by atoms with E-state index in [1.54, 1.807) is 0 Å². The second-order valence-corrected chi connectivity index (χ2v) is 10.6. The van der Waals surface area contributed by atoms with E-state index in [-0.39, 0.29) is 31.5 Å². The minimum Gasteiger partial charge on any atom is -0.352 e. The molecule has 7 nitrogen and oxygen atoms in total. The number of fused-ring (bicyclic) bond motifs is 2. The predicted octanol–water partition coefficient (Wildman–Crippen LogP) is 3.97. The quantitative estimate of drug-likeness (QED) is 0.427. The Labute approximate surface area is 203 Å². The molecule has 184 valence electrons. The summed E-state index contributed by atoms with van der Waals surface area (Å²) in [6.45, 7) is 0.159. The van der Waals surface area contributed by atoms with E-state index in [4.69, 9.17) is 4.52 Å². The molecule has 0 bridgehead atoms. The third-order valence-electron chi connectivity index (χ3n) is 7.15. The van der Waals surface area contributed by atoms with Crippen LogP contribution in [0.15, 0.2) is 72.8 Å². The van der Waals surface area contributed by atoms with Crippen molar-refractivity contribution in [2.45, 2.75) is 31.2 Å². The lowest BCUT2D eigenvalue weighted by molar-refractivity contribution is -0.127. The second kappa shape index (κ2) is 9.80. The fourth-order valence-electron chi connectivity index (χ4n) is 5.69. The molecule has 3 aromatic rings. The monoisotopic (exact) mass is 498 g/mol. The lowest BCUT2D eigenvalue weighted by Crippen LogP contribution is -2.39. The molecule has 3 aromatic carbocycles. The molecule has 2 saturated heterocycles. The van der Waals surface area contributed by atoms with Crippen LogP contribution < -0.4 is 5.32 Å². The highest BCUT2D eigenvalue weighted by Crippen LogP contribution is 2.51. The van der Waals surface area contributed by atoms with Crippen molar-refractivity contribution >= 4 is 24.5 Å². The smallest absolute Gasteiger partial charge is 0.352 e. The molecule has 2 aliphatic heterocycles. The lowest BCUT2D eigenvalue weighted by atomic mass is 9.82. The van der Waals surface area contributed by atoms with Crippen molar-refractivity contribution in [3.63, 3.8) is 0 Å². The van der Waals surface area contributed by atoms with Crippen molar-refractivity contribution in [1.29, 1.82) is 0 Å². The number of alkyl halides is 1. The molecular weight excluding hydrogens is 470 g/mol. The number of carbonyl (C=O) groups excluding carboxylic acids is 1. The molecule has 35 heavy (non-hydrogen) atoms. The van der Waals surface area contributed by atoms with Crippen LogP contribution in [-0.2, 0) is 20.4 Å². The molecule has 0 aliphatic carbocycles. The Morgan fingerprint density at radius 2 is 1.77 bits per heavy atom. The summed E-state index contributed by atoms with van der Waals surface area (Å²) in [5, 5.41) is 5.06. The van der Waals surface area contributed by atoms with Crippen molar-refractivity contribution in [2.75, 3.05) is 13.2 Å². The Hall–Kier alpha value is -2.61.